The molecule has 1 amide bonds. The molecule has 0 bridgehead atoms. The average Bonchev–Trinajstić information content (AvgIpc) is 2.91. The second kappa shape index (κ2) is 5.43. The maximum atomic E-state index is 12.4. The summed E-state index contributed by atoms with van der Waals surface area (Å²) >= 11 is 1.09. The van der Waals surface area contributed by atoms with Gasteiger partial charge >= 0.3 is 6.18 Å². The number of rotatable bonds is 3. The van der Waals surface area contributed by atoms with Gasteiger partial charge in [0.1, 0.15) is 0 Å². The van der Waals surface area contributed by atoms with Gasteiger partial charge < -0.3 is 0 Å². The first-order valence-electron chi connectivity index (χ1n) is 5.70. The molecule has 1 aromatic heterocycles. The van der Waals surface area contributed by atoms with Crippen molar-refractivity contribution in [1.82, 2.24) is 15.2 Å². The molecule has 0 saturated carbocycles. The molecule has 1 atom stereocenters. The van der Waals surface area contributed by atoms with Crippen LogP contribution in [0.4, 0.5) is 19.1 Å². The quantitative estimate of drug-likeness (QED) is 0.914. The monoisotopic (exact) mass is 308 g/mol. The molecule has 1 fully saturated rings. The summed E-state index contributed by atoms with van der Waals surface area (Å²) in [6.45, 7) is 1.64. The predicted molar refractivity (Wildman–Crippen MR) is 65.0 cm³/mol. The Bertz CT molecular complexity index is 531. The molecule has 1 aliphatic rings. The van der Waals surface area contributed by atoms with E-state index in [1.165, 1.54) is 6.92 Å². The molecule has 0 aliphatic carbocycles. The number of H-pyrrole nitrogens is 1. The minimum absolute atomic E-state index is 0.0619. The van der Waals surface area contributed by atoms with Crippen LogP contribution in [0.5, 0.6) is 0 Å². The van der Waals surface area contributed by atoms with Crippen molar-refractivity contribution in [2.45, 2.75) is 19.5 Å². The number of aromatic amines is 1. The number of hydrogen-bond donors (Lipinski definition) is 1. The van der Waals surface area contributed by atoms with E-state index in [0.29, 0.717) is 5.75 Å². The molecule has 1 aliphatic heterocycles. The lowest BCUT2D eigenvalue weighted by atomic mass is 10.1. The minimum Gasteiger partial charge on any atom is -0.288 e. The maximum Gasteiger partial charge on any atom is 0.451 e. The molecule has 1 N–H and O–H groups in total. The third-order valence-electron chi connectivity index (χ3n) is 2.71. The number of carbonyl (C=O) groups is 2. The Labute approximate surface area is 116 Å². The zero-order chi connectivity index (χ0) is 14.9. The molecular formula is C10H11F3N4O2S. The molecular weight excluding hydrogens is 297 g/mol. The van der Waals surface area contributed by atoms with Crippen LogP contribution in [0.1, 0.15) is 19.2 Å². The number of nitrogens with zero attached hydrogens (tertiary/aromatic N) is 3. The lowest BCUT2D eigenvalue weighted by molar-refractivity contribution is -0.144. The third-order valence-corrected chi connectivity index (χ3v) is 3.76. The minimum atomic E-state index is -4.63. The summed E-state index contributed by atoms with van der Waals surface area (Å²) < 4.78 is 37.2. The van der Waals surface area contributed by atoms with E-state index in [2.05, 4.69) is 10.1 Å². The molecule has 110 valence electrons. The van der Waals surface area contributed by atoms with Crippen LogP contribution in [0.2, 0.25) is 0 Å². The Morgan fingerprint density at radius 3 is 2.80 bits per heavy atom. The van der Waals surface area contributed by atoms with Crippen LogP contribution in [0, 0.1) is 5.92 Å². The summed E-state index contributed by atoms with van der Waals surface area (Å²) in [6.07, 6.45) is -4.45. The van der Waals surface area contributed by atoms with E-state index in [9.17, 15) is 22.8 Å². The van der Waals surface area contributed by atoms with E-state index in [-0.39, 0.29) is 35.9 Å². The summed E-state index contributed by atoms with van der Waals surface area (Å²) in [4.78, 5) is 27.0. The topological polar surface area (TPSA) is 79.0 Å². The van der Waals surface area contributed by atoms with Crippen molar-refractivity contribution in [3.63, 3.8) is 0 Å². The second-order valence-electron chi connectivity index (χ2n) is 4.36. The Balaban J connectivity index is 2.04. The van der Waals surface area contributed by atoms with Gasteiger partial charge in [0.05, 0.1) is 0 Å². The number of thioether (sulfide) groups is 1. The van der Waals surface area contributed by atoms with E-state index in [1.807, 2.05) is 0 Å². The Kier molecular flexibility index (Phi) is 4.02. The van der Waals surface area contributed by atoms with Gasteiger partial charge in [0.25, 0.3) is 5.95 Å². The van der Waals surface area contributed by atoms with Gasteiger partial charge in [0.15, 0.2) is 5.12 Å². The van der Waals surface area contributed by atoms with Crippen LogP contribution in [0.3, 0.4) is 0 Å². The van der Waals surface area contributed by atoms with Gasteiger partial charge in [0, 0.05) is 25.6 Å². The van der Waals surface area contributed by atoms with E-state index in [4.69, 9.17) is 0 Å². The molecule has 2 heterocycles. The van der Waals surface area contributed by atoms with Crippen molar-refractivity contribution >= 4 is 28.7 Å². The first-order valence-corrected chi connectivity index (χ1v) is 6.69. The van der Waals surface area contributed by atoms with Gasteiger partial charge in [-0.05, 0) is 5.92 Å². The number of hydrogen-bond acceptors (Lipinski definition) is 5. The Hall–Kier alpha value is -1.58. The van der Waals surface area contributed by atoms with Gasteiger partial charge in [-0.3, -0.25) is 19.6 Å². The lowest BCUT2D eigenvalue weighted by Crippen LogP contribution is -2.26. The van der Waals surface area contributed by atoms with E-state index < -0.39 is 12.0 Å². The highest BCUT2D eigenvalue weighted by molar-refractivity contribution is 8.13. The molecule has 20 heavy (non-hydrogen) atoms. The smallest absolute Gasteiger partial charge is 0.288 e. The van der Waals surface area contributed by atoms with Gasteiger partial charge in [-0.2, -0.15) is 18.2 Å². The van der Waals surface area contributed by atoms with Crippen LogP contribution in [0.25, 0.3) is 0 Å². The largest absolute Gasteiger partial charge is 0.451 e. The standard InChI is InChI=1S/C10H11F3N4O2S/c1-5(18)20-4-6-2-7(19)17(3-6)9-14-8(15-16-9)10(11,12)13/h6H,2-4H2,1H3,(H,14,15,16). The molecule has 0 radical (unpaired) electrons. The van der Waals surface area contributed by atoms with Crippen molar-refractivity contribution in [3.8, 4) is 0 Å². The highest BCUT2D eigenvalue weighted by Gasteiger charge is 2.38. The Morgan fingerprint density at radius 1 is 1.55 bits per heavy atom. The number of carbonyl (C=O) groups excluding carboxylic acids is 2. The fraction of sp³-hybridized carbons (Fsp3) is 0.600. The summed E-state index contributed by atoms with van der Waals surface area (Å²) in [5.74, 6) is -1.50. The van der Waals surface area contributed by atoms with Gasteiger partial charge in [-0.25, -0.2) is 0 Å². The van der Waals surface area contributed by atoms with Crippen LogP contribution in [-0.2, 0) is 15.8 Å². The molecule has 1 unspecified atom stereocenters. The van der Waals surface area contributed by atoms with Crippen LogP contribution in [0.15, 0.2) is 0 Å². The van der Waals surface area contributed by atoms with Gasteiger partial charge in [-0.1, -0.05) is 11.8 Å². The molecule has 10 heteroatoms. The van der Waals surface area contributed by atoms with E-state index >= 15 is 0 Å². The molecule has 1 saturated heterocycles. The fourth-order valence-electron chi connectivity index (χ4n) is 1.82. The van der Waals surface area contributed by atoms with Crippen molar-refractivity contribution in [2.75, 3.05) is 17.2 Å². The van der Waals surface area contributed by atoms with Crippen LogP contribution < -0.4 is 4.90 Å². The SMILES string of the molecule is CC(=O)SCC1CC(=O)N(c2n[nH]c(C(F)(F)F)n2)C1. The first-order chi connectivity index (χ1) is 9.27. The van der Waals surface area contributed by atoms with Crippen LogP contribution >= 0.6 is 11.8 Å². The number of amides is 1. The van der Waals surface area contributed by atoms with Crippen molar-refractivity contribution in [2.24, 2.45) is 5.92 Å². The number of alkyl halides is 3. The normalized spacial score (nSPS) is 19.7. The molecule has 2 rings (SSSR count). The molecule has 0 aromatic carbocycles. The van der Waals surface area contributed by atoms with Crippen molar-refractivity contribution in [1.29, 1.82) is 0 Å². The average molecular weight is 308 g/mol. The van der Waals surface area contributed by atoms with Gasteiger partial charge in [-0.15, -0.1) is 5.10 Å². The number of nitrogens with one attached hydrogen (secondary N) is 1. The number of aromatic nitrogens is 3. The third kappa shape index (κ3) is 3.30. The van der Waals surface area contributed by atoms with Crippen molar-refractivity contribution in [3.05, 3.63) is 5.82 Å². The maximum absolute atomic E-state index is 12.4. The summed E-state index contributed by atoms with van der Waals surface area (Å²) in [5, 5.41) is 5.13. The summed E-state index contributed by atoms with van der Waals surface area (Å²) in [7, 11) is 0. The van der Waals surface area contributed by atoms with Gasteiger partial charge in [0.2, 0.25) is 11.7 Å². The van der Waals surface area contributed by atoms with E-state index in [0.717, 1.165) is 16.7 Å². The molecule has 6 nitrogen and oxygen atoms in total. The predicted octanol–water partition coefficient (Wildman–Crippen LogP) is 1.46. The zero-order valence-corrected chi connectivity index (χ0v) is 11.2. The summed E-state index contributed by atoms with van der Waals surface area (Å²) in [5.41, 5.74) is 0. The zero-order valence-electron chi connectivity index (χ0n) is 10.4. The van der Waals surface area contributed by atoms with Crippen molar-refractivity contribution < 1.29 is 22.8 Å². The number of anilines is 1. The molecule has 0 spiro atoms. The Morgan fingerprint density at radius 2 is 2.25 bits per heavy atom. The highest BCUT2D eigenvalue weighted by Crippen LogP contribution is 2.29. The second-order valence-corrected chi connectivity index (χ2v) is 5.56. The van der Waals surface area contributed by atoms with E-state index in [1.54, 1.807) is 5.10 Å². The summed E-state index contributed by atoms with van der Waals surface area (Å²) in [6, 6.07) is 0. The molecule has 1 aromatic rings. The first kappa shape index (κ1) is 14.8. The highest BCUT2D eigenvalue weighted by atomic mass is 32.2. The van der Waals surface area contributed by atoms with Crippen LogP contribution in [-0.4, -0.2) is 38.5 Å². The fourth-order valence-corrected chi connectivity index (χ4v) is 2.52. The lowest BCUT2D eigenvalue weighted by Gasteiger charge is -2.11. The number of halogens is 3.